The lowest BCUT2D eigenvalue weighted by Gasteiger charge is -2.05. The zero-order chi connectivity index (χ0) is 15.5. The minimum absolute atomic E-state index is 0.153. The fourth-order valence-electron chi connectivity index (χ4n) is 1.90. The third-order valence-corrected chi connectivity index (χ3v) is 4.30. The van der Waals surface area contributed by atoms with Crippen LogP contribution in [0.5, 0.6) is 0 Å². The molecule has 1 N–H and O–H groups in total. The summed E-state index contributed by atoms with van der Waals surface area (Å²) < 4.78 is 1.03. The van der Waals surface area contributed by atoms with Crippen molar-refractivity contribution < 1.29 is 9.90 Å². The lowest BCUT2D eigenvalue weighted by molar-refractivity contribution is -0.255. The van der Waals surface area contributed by atoms with Gasteiger partial charge in [-0.05, 0) is 29.8 Å². The first-order chi connectivity index (χ1) is 10.6. The molecule has 0 fully saturated rings. The molecule has 0 saturated carbocycles. The van der Waals surface area contributed by atoms with Crippen LogP contribution in [-0.2, 0) is 0 Å². The Morgan fingerprint density at radius 1 is 1.09 bits per heavy atom. The summed E-state index contributed by atoms with van der Waals surface area (Å²) in [6, 6.07) is 14.3. The van der Waals surface area contributed by atoms with E-state index in [1.165, 1.54) is 23.5 Å². The van der Waals surface area contributed by atoms with Crippen LogP contribution in [0.25, 0.3) is 11.3 Å². The van der Waals surface area contributed by atoms with Gasteiger partial charge in [-0.1, -0.05) is 40.2 Å². The van der Waals surface area contributed by atoms with E-state index in [2.05, 4.69) is 26.2 Å². The van der Waals surface area contributed by atoms with E-state index < -0.39 is 5.97 Å². The van der Waals surface area contributed by atoms with Gasteiger partial charge < -0.3 is 15.2 Å². The van der Waals surface area contributed by atoms with Gasteiger partial charge in [0, 0.05) is 21.1 Å². The Hall–Kier alpha value is -2.18. The maximum absolute atomic E-state index is 10.7. The summed E-state index contributed by atoms with van der Waals surface area (Å²) in [6.45, 7) is 0. The molecule has 0 saturated heterocycles. The summed E-state index contributed by atoms with van der Waals surface area (Å²) in [7, 11) is 0. The molecular weight excluding hydrogens is 364 g/mol. The van der Waals surface area contributed by atoms with Crippen molar-refractivity contribution in [2.24, 2.45) is 0 Å². The first kappa shape index (κ1) is 14.7. The molecular formula is C16H10BrN2O2S-. The van der Waals surface area contributed by atoms with Gasteiger partial charge in [0.05, 0.1) is 11.7 Å². The van der Waals surface area contributed by atoms with E-state index in [0.717, 1.165) is 26.5 Å². The molecule has 110 valence electrons. The van der Waals surface area contributed by atoms with Crippen molar-refractivity contribution in [1.29, 1.82) is 0 Å². The van der Waals surface area contributed by atoms with E-state index in [1.807, 2.05) is 29.6 Å². The van der Waals surface area contributed by atoms with Gasteiger partial charge in [-0.3, -0.25) is 0 Å². The molecule has 0 amide bonds. The topological polar surface area (TPSA) is 65.0 Å². The largest absolute Gasteiger partial charge is 0.545 e. The molecule has 0 aliphatic carbocycles. The molecule has 22 heavy (non-hydrogen) atoms. The standard InChI is InChI=1S/C16H11BrN2O2S/c17-12-5-1-10(2-6-12)14-9-22-16(19-14)18-13-7-3-11(4-8-13)15(20)21/h1-9H,(H,18,19)(H,20,21)/p-1. The van der Waals surface area contributed by atoms with Gasteiger partial charge in [-0.15, -0.1) is 11.3 Å². The van der Waals surface area contributed by atoms with Crippen molar-refractivity contribution in [3.05, 3.63) is 63.9 Å². The number of carbonyl (C=O) groups is 1. The van der Waals surface area contributed by atoms with Crippen LogP contribution in [0.4, 0.5) is 10.8 Å². The number of aromatic carboxylic acids is 1. The molecule has 0 unspecified atom stereocenters. The zero-order valence-electron chi connectivity index (χ0n) is 11.2. The van der Waals surface area contributed by atoms with Crippen molar-refractivity contribution in [3.8, 4) is 11.3 Å². The van der Waals surface area contributed by atoms with E-state index >= 15 is 0 Å². The molecule has 3 rings (SSSR count). The number of aromatic nitrogens is 1. The number of carboxylic acid groups (broad SMARTS) is 1. The Labute approximate surface area is 139 Å². The number of carboxylic acids is 1. The van der Waals surface area contributed by atoms with Gasteiger partial charge in [0.25, 0.3) is 0 Å². The molecule has 0 aliphatic rings. The van der Waals surface area contributed by atoms with Gasteiger partial charge in [0.2, 0.25) is 0 Å². The number of nitrogens with one attached hydrogen (secondary N) is 1. The first-order valence-electron chi connectivity index (χ1n) is 6.42. The van der Waals surface area contributed by atoms with Crippen molar-refractivity contribution in [2.75, 3.05) is 5.32 Å². The number of thiazole rings is 1. The van der Waals surface area contributed by atoms with E-state index in [0.29, 0.717) is 0 Å². The first-order valence-corrected chi connectivity index (χ1v) is 8.09. The predicted octanol–water partition coefficient (Wildman–Crippen LogP) is 3.68. The second-order valence-electron chi connectivity index (χ2n) is 4.53. The molecule has 0 spiro atoms. The summed E-state index contributed by atoms with van der Waals surface area (Å²) in [5, 5.41) is 16.6. The fraction of sp³-hybridized carbons (Fsp3) is 0. The van der Waals surface area contributed by atoms with Crippen LogP contribution in [0.2, 0.25) is 0 Å². The molecule has 2 aromatic carbocycles. The summed E-state index contributed by atoms with van der Waals surface area (Å²) in [6.07, 6.45) is 0. The maximum atomic E-state index is 10.7. The Kier molecular flexibility index (Phi) is 4.22. The average Bonchev–Trinajstić information content (AvgIpc) is 2.97. The third-order valence-electron chi connectivity index (χ3n) is 3.02. The van der Waals surface area contributed by atoms with Gasteiger partial charge in [0.1, 0.15) is 0 Å². The number of hydrogen-bond donors (Lipinski definition) is 1. The lowest BCUT2D eigenvalue weighted by atomic mass is 10.2. The molecule has 0 radical (unpaired) electrons. The number of carbonyl (C=O) groups excluding carboxylic acids is 1. The molecule has 4 nitrogen and oxygen atoms in total. The molecule has 0 atom stereocenters. The summed E-state index contributed by atoms with van der Waals surface area (Å²) in [4.78, 5) is 15.2. The number of nitrogens with zero attached hydrogens (tertiary/aromatic N) is 1. The number of hydrogen-bond acceptors (Lipinski definition) is 5. The number of benzene rings is 2. The lowest BCUT2D eigenvalue weighted by Crippen LogP contribution is -2.21. The normalized spacial score (nSPS) is 10.4. The van der Waals surface area contributed by atoms with E-state index in [-0.39, 0.29) is 5.56 Å². The van der Waals surface area contributed by atoms with Crippen molar-refractivity contribution >= 4 is 44.1 Å². The maximum Gasteiger partial charge on any atom is 0.187 e. The van der Waals surface area contributed by atoms with Crippen molar-refractivity contribution in [3.63, 3.8) is 0 Å². The van der Waals surface area contributed by atoms with Crippen LogP contribution in [0.1, 0.15) is 10.4 Å². The van der Waals surface area contributed by atoms with Crippen molar-refractivity contribution in [1.82, 2.24) is 4.98 Å². The number of rotatable bonds is 4. The highest BCUT2D eigenvalue weighted by molar-refractivity contribution is 9.10. The number of anilines is 2. The molecule has 1 aromatic heterocycles. The molecule has 6 heteroatoms. The van der Waals surface area contributed by atoms with Crippen LogP contribution in [-0.4, -0.2) is 11.0 Å². The second-order valence-corrected chi connectivity index (χ2v) is 6.31. The second kappa shape index (κ2) is 6.29. The fourth-order valence-corrected chi connectivity index (χ4v) is 2.90. The highest BCUT2D eigenvalue weighted by Gasteiger charge is 2.05. The van der Waals surface area contributed by atoms with E-state index in [4.69, 9.17) is 0 Å². The quantitative estimate of drug-likeness (QED) is 0.757. The molecule has 0 aliphatic heterocycles. The smallest absolute Gasteiger partial charge is 0.187 e. The van der Waals surface area contributed by atoms with Gasteiger partial charge >= 0.3 is 0 Å². The molecule has 0 bridgehead atoms. The van der Waals surface area contributed by atoms with Gasteiger partial charge in [-0.25, -0.2) is 4.98 Å². The molecule has 1 heterocycles. The minimum atomic E-state index is -1.18. The predicted molar refractivity (Wildman–Crippen MR) is 89.3 cm³/mol. The summed E-state index contributed by atoms with van der Waals surface area (Å²) >= 11 is 4.90. The highest BCUT2D eigenvalue weighted by Crippen LogP contribution is 2.28. The summed E-state index contributed by atoms with van der Waals surface area (Å²) in [5.41, 5.74) is 2.87. The van der Waals surface area contributed by atoms with E-state index in [9.17, 15) is 9.90 Å². The van der Waals surface area contributed by atoms with Crippen LogP contribution in [0.15, 0.2) is 58.4 Å². The van der Waals surface area contributed by atoms with Crippen LogP contribution in [0, 0.1) is 0 Å². The highest BCUT2D eigenvalue weighted by atomic mass is 79.9. The van der Waals surface area contributed by atoms with Crippen LogP contribution >= 0.6 is 27.3 Å². The van der Waals surface area contributed by atoms with Crippen LogP contribution < -0.4 is 10.4 Å². The molecule has 3 aromatic rings. The Bertz CT molecular complexity index is 798. The van der Waals surface area contributed by atoms with Crippen LogP contribution in [0.3, 0.4) is 0 Å². The van der Waals surface area contributed by atoms with Gasteiger partial charge in [-0.2, -0.15) is 0 Å². The average molecular weight is 374 g/mol. The Morgan fingerprint density at radius 2 is 1.77 bits per heavy atom. The zero-order valence-corrected chi connectivity index (χ0v) is 13.6. The van der Waals surface area contributed by atoms with Crippen molar-refractivity contribution in [2.45, 2.75) is 0 Å². The Balaban J connectivity index is 1.76. The minimum Gasteiger partial charge on any atom is -0.545 e. The SMILES string of the molecule is O=C([O-])c1ccc(Nc2nc(-c3ccc(Br)cc3)cs2)cc1. The van der Waals surface area contributed by atoms with E-state index in [1.54, 1.807) is 12.1 Å². The Morgan fingerprint density at radius 3 is 2.41 bits per heavy atom. The van der Waals surface area contributed by atoms with Gasteiger partial charge in [0.15, 0.2) is 5.13 Å². The summed E-state index contributed by atoms with van der Waals surface area (Å²) in [5.74, 6) is -1.18. The third kappa shape index (κ3) is 3.35. The number of halogens is 1. The monoisotopic (exact) mass is 373 g/mol.